The zero-order chi connectivity index (χ0) is 30.6. The second-order valence-corrected chi connectivity index (χ2v) is 8.70. The van der Waals surface area contributed by atoms with Crippen molar-refractivity contribution < 1.29 is 19.8 Å². The standard InChI is InChI=1S/C34H20O2/c1-2-8-21(9-3-1)32-23-10-4-6-12-25(23)33(26-13-7-5-11-24(26)32)22-14-15-30-28(20-22)34-27-18-19-35-29(27)16-17-31(34)36-30/h1-20H/i4D,5D,6D,7D,10D,11D,12D,13D. The highest BCUT2D eigenvalue weighted by atomic mass is 16.3. The zero-order valence-electron chi connectivity index (χ0n) is 26.7. The Morgan fingerprint density at radius 1 is 0.500 bits per heavy atom. The van der Waals surface area contributed by atoms with E-state index < -0.39 is 24.2 Å². The van der Waals surface area contributed by atoms with E-state index in [-0.39, 0.29) is 45.7 Å². The van der Waals surface area contributed by atoms with E-state index in [2.05, 4.69) is 0 Å². The Labute approximate surface area is 218 Å². The van der Waals surface area contributed by atoms with Gasteiger partial charge in [-0.15, -0.1) is 0 Å². The van der Waals surface area contributed by atoms with Crippen LogP contribution in [0.25, 0.3) is 76.7 Å². The SMILES string of the molecule is [2H]c1c([2H])c([2H])c2c(-c3ccc4oc5ccc6occc6c5c4c3)c3c([2H])c([2H])c([2H])c([2H])c3c(-c3ccccc3)c2c1[2H]. The molecule has 8 aromatic rings. The van der Waals surface area contributed by atoms with Crippen molar-refractivity contribution in [3.63, 3.8) is 0 Å². The fourth-order valence-electron chi connectivity index (χ4n) is 5.28. The van der Waals surface area contributed by atoms with Crippen LogP contribution >= 0.6 is 0 Å². The first kappa shape index (κ1) is 13.3. The van der Waals surface area contributed by atoms with Crippen molar-refractivity contribution in [3.8, 4) is 22.3 Å². The van der Waals surface area contributed by atoms with E-state index in [0.717, 1.165) is 16.2 Å². The molecule has 0 aliphatic rings. The summed E-state index contributed by atoms with van der Waals surface area (Å²) in [6, 6.07) is 16.9. The molecule has 2 aromatic heterocycles. The summed E-state index contributed by atoms with van der Waals surface area (Å²) in [5.74, 6) is 0. The molecule has 168 valence electrons. The van der Waals surface area contributed by atoms with Crippen molar-refractivity contribution in [3.05, 3.63) is 121 Å². The van der Waals surface area contributed by atoms with Gasteiger partial charge in [0.1, 0.15) is 16.7 Å². The predicted molar refractivity (Wildman–Crippen MR) is 149 cm³/mol. The highest BCUT2D eigenvalue weighted by Gasteiger charge is 2.18. The number of hydrogen-bond acceptors (Lipinski definition) is 2. The van der Waals surface area contributed by atoms with Crippen molar-refractivity contribution in [2.45, 2.75) is 0 Å². The van der Waals surface area contributed by atoms with Crippen LogP contribution in [0.1, 0.15) is 11.0 Å². The highest BCUT2D eigenvalue weighted by molar-refractivity contribution is 6.23. The van der Waals surface area contributed by atoms with Crippen LogP contribution in [0, 0.1) is 0 Å². The van der Waals surface area contributed by atoms with Crippen molar-refractivity contribution in [1.29, 1.82) is 0 Å². The molecule has 8 rings (SSSR count). The van der Waals surface area contributed by atoms with Gasteiger partial charge in [0, 0.05) is 16.2 Å². The van der Waals surface area contributed by atoms with Gasteiger partial charge in [0.15, 0.2) is 0 Å². The maximum Gasteiger partial charge on any atom is 0.136 e. The second-order valence-electron chi connectivity index (χ2n) is 8.70. The molecular weight excluding hydrogens is 440 g/mol. The van der Waals surface area contributed by atoms with Crippen LogP contribution < -0.4 is 0 Å². The lowest BCUT2D eigenvalue weighted by Crippen LogP contribution is -1.90. The van der Waals surface area contributed by atoms with Crippen molar-refractivity contribution in [2.24, 2.45) is 0 Å². The van der Waals surface area contributed by atoms with Gasteiger partial charge in [0.2, 0.25) is 0 Å². The molecule has 0 saturated carbocycles. The summed E-state index contributed by atoms with van der Waals surface area (Å²) in [4.78, 5) is 0. The lowest BCUT2D eigenvalue weighted by Gasteiger charge is -2.17. The van der Waals surface area contributed by atoms with Crippen LogP contribution in [0.3, 0.4) is 0 Å². The van der Waals surface area contributed by atoms with Gasteiger partial charge in [-0.3, -0.25) is 0 Å². The zero-order valence-corrected chi connectivity index (χ0v) is 18.7. The third-order valence-electron chi connectivity index (χ3n) is 6.79. The molecule has 0 atom stereocenters. The van der Waals surface area contributed by atoms with Crippen LogP contribution in [0.4, 0.5) is 0 Å². The summed E-state index contributed by atoms with van der Waals surface area (Å²) in [5, 5.41) is 3.11. The van der Waals surface area contributed by atoms with E-state index in [1.165, 1.54) is 0 Å². The molecule has 0 radical (unpaired) electrons. The smallest absolute Gasteiger partial charge is 0.136 e. The number of hydrogen-bond donors (Lipinski definition) is 0. The van der Waals surface area contributed by atoms with Crippen LogP contribution in [-0.4, -0.2) is 0 Å². The summed E-state index contributed by atoms with van der Waals surface area (Å²) in [6.45, 7) is 0. The van der Waals surface area contributed by atoms with Crippen molar-refractivity contribution >= 4 is 54.5 Å². The van der Waals surface area contributed by atoms with Gasteiger partial charge < -0.3 is 8.83 Å². The van der Waals surface area contributed by atoms with E-state index in [1.54, 1.807) is 42.7 Å². The first-order valence-electron chi connectivity index (χ1n) is 15.5. The molecule has 2 nitrogen and oxygen atoms in total. The molecule has 0 saturated heterocycles. The van der Waals surface area contributed by atoms with Crippen LogP contribution in [0.2, 0.25) is 0 Å². The Bertz CT molecular complexity index is 2450. The van der Waals surface area contributed by atoms with E-state index in [9.17, 15) is 0 Å². The average molecular weight is 469 g/mol. The molecule has 0 unspecified atom stereocenters. The van der Waals surface area contributed by atoms with E-state index >= 15 is 0 Å². The van der Waals surface area contributed by atoms with Gasteiger partial charge in [-0.05, 0) is 74.1 Å². The van der Waals surface area contributed by atoms with E-state index in [0.29, 0.717) is 39.0 Å². The molecule has 36 heavy (non-hydrogen) atoms. The van der Waals surface area contributed by atoms with E-state index in [4.69, 9.17) is 19.8 Å². The summed E-state index contributed by atoms with van der Waals surface area (Å²) in [7, 11) is 0. The minimum absolute atomic E-state index is 0.174. The fraction of sp³-hybridized carbons (Fsp3) is 0. The first-order valence-corrected chi connectivity index (χ1v) is 11.5. The van der Waals surface area contributed by atoms with Gasteiger partial charge in [-0.25, -0.2) is 0 Å². The molecule has 0 amide bonds. The van der Waals surface area contributed by atoms with Gasteiger partial charge in [0.25, 0.3) is 0 Å². The van der Waals surface area contributed by atoms with Crippen molar-refractivity contribution in [1.82, 2.24) is 0 Å². The fourth-order valence-corrected chi connectivity index (χ4v) is 5.28. The summed E-state index contributed by atoms with van der Waals surface area (Å²) in [6.07, 6.45) is 1.60. The molecule has 0 spiro atoms. The molecule has 2 heterocycles. The van der Waals surface area contributed by atoms with E-state index in [1.807, 2.05) is 30.3 Å². The Kier molecular flexibility index (Phi) is 2.71. The van der Waals surface area contributed by atoms with Crippen LogP contribution in [0.15, 0.2) is 130 Å². The number of rotatable bonds is 2. The summed E-state index contributed by atoms with van der Waals surface area (Å²) >= 11 is 0. The lowest BCUT2D eigenvalue weighted by atomic mass is 9.86. The molecule has 0 N–H and O–H groups in total. The molecule has 0 fully saturated rings. The largest absolute Gasteiger partial charge is 0.464 e. The maximum atomic E-state index is 9.11. The maximum absolute atomic E-state index is 9.11. The van der Waals surface area contributed by atoms with Gasteiger partial charge >= 0.3 is 0 Å². The van der Waals surface area contributed by atoms with Crippen LogP contribution in [0.5, 0.6) is 0 Å². The molecule has 0 aliphatic carbocycles. The normalized spacial score (nSPS) is 15.0. The second kappa shape index (κ2) is 7.34. The Hall–Kier alpha value is -4.82. The third kappa shape index (κ3) is 2.67. The minimum Gasteiger partial charge on any atom is -0.464 e. The summed E-state index contributed by atoms with van der Waals surface area (Å²) < 4.78 is 82.4. The number of benzene rings is 6. The Balaban J connectivity index is 1.67. The van der Waals surface area contributed by atoms with Gasteiger partial charge in [0.05, 0.1) is 17.2 Å². The molecule has 2 heteroatoms. The number of furan rings is 2. The molecule has 0 aliphatic heterocycles. The number of fused-ring (bicyclic) bond motifs is 7. The average Bonchev–Trinajstić information content (AvgIpc) is 3.67. The Morgan fingerprint density at radius 3 is 1.81 bits per heavy atom. The third-order valence-corrected chi connectivity index (χ3v) is 6.79. The topological polar surface area (TPSA) is 26.3 Å². The highest BCUT2D eigenvalue weighted by Crippen LogP contribution is 2.45. The molecular formula is C34H20O2. The minimum atomic E-state index is -0.433. The van der Waals surface area contributed by atoms with Crippen molar-refractivity contribution in [2.75, 3.05) is 0 Å². The monoisotopic (exact) mass is 468 g/mol. The van der Waals surface area contributed by atoms with Gasteiger partial charge in [-0.1, -0.05) is 84.7 Å². The lowest BCUT2D eigenvalue weighted by molar-refractivity contribution is 0.615. The quantitative estimate of drug-likeness (QED) is 0.236. The van der Waals surface area contributed by atoms with Gasteiger partial charge in [-0.2, -0.15) is 0 Å². The van der Waals surface area contributed by atoms with Crippen LogP contribution in [-0.2, 0) is 0 Å². The Morgan fingerprint density at radius 2 is 1.11 bits per heavy atom. The predicted octanol–water partition coefficient (Wildman–Crippen LogP) is 9.97. The summed E-state index contributed by atoms with van der Waals surface area (Å²) in [5.41, 5.74) is 3.63. The first-order chi connectivity index (χ1) is 21.2. The molecule has 0 bridgehead atoms. The molecule has 6 aromatic carbocycles.